The first-order valence-corrected chi connectivity index (χ1v) is 7.43. The Kier molecular flexibility index (Phi) is 4.61. The lowest BCUT2D eigenvalue weighted by molar-refractivity contribution is 0.0467. The lowest BCUT2D eigenvalue weighted by Gasteiger charge is -2.28. The molecule has 0 aliphatic carbocycles. The highest BCUT2D eigenvalue weighted by Gasteiger charge is 2.31. The quantitative estimate of drug-likeness (QED) is 0.924. The summed E-state index contributed by atoms with van der Waals surface area (Å²) in [6.45, 7) is 2.92. The Labute approximate surface area is 132 Å². The minimum Gasteiger partial charge on any atom is -0.381 e. The summed E-state index contributed by atoms with van der Waals surface area (Å²) in [5, 5.41) is 6.59. The van der Waals surface area contributed by atoms with Crippen molar-refractivity contribution < 1.29 is 18.4 Å². The molecular weight excluding hydrogens is 303 g/mol. The molecule has 0 radical (unpaired) electrons. The van der Waals surface area contributed by atoms with Crippen LogP contribution in [0.25, 0.3) is 0 Å². The maximum absolute atomic E-state index is 13.7. The van der Waals surface area contributed by atoms with Gasteiger partial charge in [-0.15, -0.1) is 0 Å². The van der Waals surface area contributed by atoms with Crippen LogP contribution in [0.5, 0.6) is 0 Å². The van der Waals surface area contributed by atoms with Crippen LogP contribution in [-0.4, -0.2) is 34.2 Å². The van der Waals surface area contributed by atoms with Crippen molar-refractivity contribution in [2.75, 3.05) is 13.2 Å². The summed E-state index contributed by atoms with van der Waals surface area (Å²) < 4.78 is 24.3. The van der Waals surface area contributed by atoms with E-state index in [0.29, 0.717) is 24.9 Å². The van der Waals surface area contributed by atoms with E-state index < -0.39 is 17.8 Å². The summed E-state index contributed by atoms with van der Waals surface area (Å²) in [5.41, 5.74) is -0.0618. The number of pyridine rings is 1. The highest BCUT2D eigenvalue weighted by atomic mass is 19.1. The predicted octanol–water partition coefficient (Wildman–Crippen LogP) is 1.81. The van der Waals surface area contributed by atoms with Crippen LogP contribution in [-0.2, 0) is 4.74 Å². The second kappa shape index (κ2) is 6.82. The zero-order valence-corrected chi connectivity index (χ0v) is 12.7. The second-order valence-corrected chi connectivity index (χ2v) is 5.44. The lowest BCUT2D eigenvalue weighted by atomic mass is 9.91. The van der Waals surface area contributed by atoms with Crippen molar-refractivity contribution in [3.8, 4) is 0 Å². The van der Waals surface area contributed by atoms with E-state index in [-0.39, 0.29) is 11.5 Å². The Morgan fingerprint density at radius 2 is 2.22 bits per heavy atom. The highest BCUT2D eigenvalue weighted by molar-refractivity contribution is 5.94. The fraction of sp³-hybridized carbons (Fsp3) is 0.467. The molecule has 1 amide bonds. The van der Waals surface area contributed by atoms with Gasteiger partial charge in [-0.3, -0.25) is 9.78 Å². The molecule has 1 aliphatic heterocycles. The van der Waals surface area contributed by atoms with E-state index in [1.54, 1.807) is 6.92 Å². The maximum Gasteiger partial charge on any atom is 0.255 e. The number of aryl methyl sites for hydroxylation is 1. The number of carbonyl (C=O) groups excluding carboxylic acids is 1. The Balaban J connectivity index is 1.83. The smallest absolute Gasteiger partial charge is 0.255 e. The van der Waals surface area contributed by atoms with Gasteiger partial charge in [0.15, 0.2) is 11.6 Å². The molecule has 1 fully saturated rings. The van der Waals surface area contributed by atoms with Gasteiger partial charge in [0.25, 0.3) is 5.91 Å². The number of carbonyl (C=O) groups is 1. The molecule has 1 N–H and O–H groups in total. The van der Waals surface area contributed by atoms with Crippen LogP contribution >= 0.6 is 0 Å². The molecule has 8 heteroatoms. The molecule has 3 rings (SSSR count). The third kappa shape index (κ3) is 3.53. The predicted molar refractivity (Wildman–Crippen MR) is 77.0 cm³/mol. The van der Waals surface area contributed by atoms with Crippen molar-refractivity contribution in [3.05, 3.63) is 41.6 Å². The zero-order valence-electron chi connectivity index (χ0n) is 12.7. The fourth-order valence-corrected chi connectivity index (χ4v) is 2.65. The molecule has 0 bridgehead atoms. The van der Waals surface area contributed by atoms with Crippen molar-refractivity contribution in [3.63, 3.8) is 0 Å². The third-order valence-electron chi connectivity index (χ3n) is 3.85. The van der Waals surface area contributed by atoms with Gasteiger partial charge in [0, 0.05) is 19.4 Å². The summed E-state index contributed by atoms with van der Waals surface area (Å²) in [6, 6.07) is 0.866. The second-order valence-electron chi connectivity index (χ2n) is 5.44. The largest absolute Gasteiger partial charge is 0.381 e. The normalized spacial score (nSPS) is 17.0. The Morgan fingerprint density at radius 3 is 2.87 bits per heavy atom. The van der Waals surface area contributed by atoms with E-state index in [4.69, 9.17) is 9.26 Å². The zero-order chi connectivity index (χ0) is 16.2. The van der Waals surface area contributed by atoms with Gasteiger partial charge in [0.05, 0.1) is 11.8 Å². The van der Waals surface area contributed by atoms with Gasteiger partial charge in [-0.1, -0.05) is 5.16 Å². The van der Waals surface area contributed by atoms with Gasteiger partial charge in [-0.05, 0) is 31.7 Å². The molecule has 7 nitrogen and oxygen atoms in total. The van der Waals surface area contributed by atoms with Crippen molar-refractivity contribution in [2.24, 2.45) is 5.92 Å². The number of aromatic nitrogens is 3. The molecule has 2 aromatic rings. The van der Waals surface area contributed by atoms with Crippen LogP contribution in [0.2, 0.25) is 0 Å². The summed E-state index contributed by atoms with van der Waals surface area (Å²) in [6.07, 6.45) is 3.89. The number of nitrogens with zero attached hydrogens (tertiary/aromatic N) is 3. The minimum atomic E-state index is -0.669. The average Bonchev–Trinajstić information content (AvgIpc) is 3.00. The first-order chi connectivity index (χ1) is 11.1. The number of hydrogen-bond donors (Lipinski definition) is 1. The Bertz CT molecular complexity index is 685. The number of rotatable bonds is 4. The average molecular weight is 320 g/mol. The van der Waals surface area contributed by atoms with E-state index in [9.17, 15) is 9.18 Å². The van der Waals surface area contributed by atoms with Gasteiger partial charge in [-0.2, -0.15) is 4.98 Å². The molecule has 1 atom stereocenters. The van der Waals surface area contributed by atoms with Crippen LogP contribution in [0.15, 0.2) is 23.0 Å². The molecule has 1 aliphatic rings. The summed E-state index contributed by atoms with van der Waals surface area (Å²) in [5.74, 6) is -0.286. The van der Waals surface area contributed by atoms with E-state index in [1.165, 1.54) is 12.3 Å². The summed E-state index contributed by atoms with van der Waals surface area (Å²) in [4.78, 5) is 20.3. The van der Waals surface area contributed by atoms with Gasteiger partial charge >= 0.3 is 0 Å². The number of ether oxygens (including phenoxy) is 1. The van der Waals surface area contributed by atoms with Crippen LogP contribution in [0.1, 0.15) is 41.0 Å². The number of amides is 1. The van der Waals surface area contributed by atoms with Crippen molar-refractivity contribution in [1.82, 2.24) is 20.4 Å². The standard InChI is InChI=1S/C15H17FN4O3/c1-9-18-15(23-20-9)13(10-3-6-22-7-4-10)19-14(21)11-2-5-17-8-12(11)16/h2,5,8,10,13H,3-4,6-7H2,1H3,(H,19,21)/t13-/m1/s1. The SMILES string of the molecule is Cc1noc([C@H](NC(=O)c2ccncc2F)C2CCOCC2)n1. The topological polar surface area (TPSA) is 90.1 Å². The third-order valence-corrected chi connectivity index (χ3v) is 3.85. The Hall–Kier alpha value is -2.35. The van der Waals surface area contributed by atoms with Crippen molar-refractivity contribution >= 4 is 5.91 Å². The van der Waals surface area contributed by atoms with Gasteiger partial charge in [-0.25, -0.2) is 4.39 Å². The number of nitrogens with one attached hydrogen (secondary N) is 1. The number of hydrogen-bond acceptors (Lipinski definition) is 6. The Morgan fingerprint density at radius 1 is 1.43 bits per heavy atom. The van der Waals surface area contributed by atoms with Crippen molar-refractivity contribution in [1.29, 1.82) is 0 Å². The van der Waals surface area contributed by atoms with Crippen LogP contribution in [0, 0.1) is 18.7 Å². The van der Waals surface area contributed by atoms with Gasteiger partial charge in [0.1, 0.15) is 6.04 Å². The first kappa shape index (κ1) is 15.5. The molecule has 1 saturated heterocycles. The lowest BCUT2D eigenvalue weighted by Crippen LogP contribution is -2.36. The first-order valence-electron chi connectivity index (χ1n) is 7.43. The minimum absolute atomic E-state index is 0.0618. The van der Waals surface area contributed by atoms with Crippen LogP contribution in [0.3, 0.4) is 0 Å². The molecule has 3 heterocycles. The maximum atomic E-state index is 13.7. The van der Waals surface area contributed by atoms with Crippen LogP contribution < -0.4 is 5.32 Å². The molecule has 0 saturated carbocycles. The highest BCUT2D eigenvalue weighted by Crippen LogP contribution is 2.29. The van der Waals surface area contributed by atoms with E-state index in [0.717, 1.165) is 19.0 Å². The van der Waals surface area contributed by atoms with E-state index in [2.05, 4.69) is 20.4 Å². The fourth-order valence-electron chi connectivity index (χ4n) is 2.65. The van der Waals surface area contributed by atoms with E-state index >= 15 is 0 Å². The van der Waals surface area contributed by atoms with E-state index in [1.807, 2.05) is 0 Å². The molecule has 2 aromatic heterocycles. The number of halogens is 1. The molecule has 122 valence electrons. The summed E-state index contributed by atoms with van der Waals surface area (Å²) in [7, 11) is 0. The molecule has 0 spiro atoms. The monoisotopic (exact) mass is 320 g/mol. The van der Waals surface area contributed by atoms with Gasteiger partial charge < -0.3 is 14.6 Å². The van der Waals surface area contributed by atoms with Crippen LogP contribution in [0.4, 0.5) is 4.39 Å². The van der Waals surface area contributed by atoms with Crippen molar-refractivity contribution in [2.45, 2.75) is 25.8 Å². The summed E-state index contributed by atoms with van der Waals surface area (Å²) >= 11 is 0. The molecule has 0 aromatic carbocycles. The molecule has 0 unspecified atom stereocenters. The van der Waals surface area contributed by atoms with Gasteiger partial charge in [0.2, 0.25) is 5.89 Å². The molecule has 23 heavy (non-hydrogen) atoms. The molecular formula is C15H17FN4O3.